The lowest BCUT2D eigenvalue weighted by molar-refractivity contribution is -0.143. The Hall–Kier alpha value is -2.70. The van der Waals surface area contributed by atoms with E-state index in [0.717, 1.165) is 24.3 Å². The third-order valence-corrected chi connectivity index (χ3v) is 5.79. The second-order valence-electron chi connectivity index (χ2n) is 6.14. The van der Waals surface area contributed by atoms with Crippen LogP contribution in [0.3, 0.4) is 0 Å². The molecular weight excluding hydrogens is 487 g/mol. The molecule has 3 aromatic rings. The second-order valence-corrected chi connectivity index (χ2v) is 8.66. The van der Waals surface area contributed by atoms with Gasteiger partial charge in [0.05, 0.1) is 15.6 Å². The van der Waals surface area contributed by atoms with Gasteiger partial charge >= 0.3 is 6.18 Å². The molecule has 0 aliphatic heterocycles. The van der Waals surface area contributed by atoms with Gasteiger partial charge < -0.3 is 0 Å². The molecule has 0 aliphatic carbocycles. The molecule has 1 N–H and O–H groups in total. The number of nitrogens with zero attached hydrogens (tertiary/aromatic N) is 3. The van der Waals surface area contributed by atoms with E-state index in [4.69, 9.17) is 23.2 Å². The lowest BCUT2D eigenvalue weighted by Crippen LogP contribution is -2.32. The van der Waals surface area contributed by atoms with Crippen LogP contribution in [0.25, 0.3) is 5.69 Å². The Bertz CT molecular complexity index is 1250. The van der Waals surface area contributed by atoms with Crippen molar-refractivity contribution in [1.82, 2.24) is 19.7 Å². The zero-order valence-corrected chi connectivity index (χ0v) is 17.5. The summed E-state index contributed by atoms with van der Waals surface area (Å²) in [5.41, 5.74) is -3.00. The van der Waals surface area contributed by atoms with Gasteiger partial charge in [0.25, 0.3) is 15.9 Å². The fraction of sp³-hybridized carbons (Fsp3) is 0.118. The predicted molar refractivity (Wildman–Crippen MR) is 102 cm³/mol. The van der Waals surface area contributed by atoms with E-state index in [1.165, 1.54) is 23.8 Å². The number of hydrogen-bond donors (Lipinski definition) is 1. The molecular formula is C17H10Cl2F4N4O3S. The van der Waals surface area contributed by atoms with E-state index in [1.807, 2.05) is 0 Å². The number of aryl methyl sites for hydroxylation is 1. The molecule has 0 saturated carbocycles. The number of halogens is 6. The average molecular weight is 497 g/mol. The highest BCUT2D eigenvalue weighted by atomic mass is 35.5. The molecule has 1 heterocycles. The van der Waals surface area contributed by atoms with Crippen LogP contribution in [0.2, 0.25) is 10.0 Å². The molecule has 7 nitrogen and oxygen atoms in total. The zero-order chi connectivity index (χ0) is 23.1. The zero-order valence-electron chi connectivity index (χ0n) is 15.2. The van der Waals surface area contributed by atoms with Gasteiger partial charge in [0, 0.05) is 5.02 Å². The van der Waals surface area contributed by atoms with Crippen LogP contribution in [0, 0.1) is 12.7 Å². The van der Waals surface area contributed by atoms with Gasteiger partial charge in [-0.1, -0.05) is 28.4 Å². The molecule has 0 saturated heterocycles. The van der Waals surface area contributed by atoms with Crippen LogP contribution in [0.5, 0.6) is 0 Å². The van der Waals surface area contributed by atoms with Crippen LogP contribution in [-0.4, -0.2) is 29.3 Å². The van der Waals surface area contributed by atoms with Crippen LogP contribution in [0.1, 0.15) is 21.7 Å². The largest absolute Gasteiger partial charge is 0.435 e. The lowest BCUT2D eigenvalue weighted by Gasteiger charge is -2.14. The van der Waals surface area contributed by atoms with Gasteiger partial charge in [0.15, 0.2) is 11.4 Å². The molecule has 164 valence electrons. The molecule has 0 aliphatic rings. The first-order valence-corrected chi connectivity index (χ1v) is 10.4. The van der Waals surface area contributed by atoms with E-state index in [9.17, 15) is 30.8 Å². The van der Waals surface area contributed by atoms with Crippen LogP contribution >= 0.6 is 23.2 Å². The van der Waals surface area contributed by atoms with Crippen LogP contribution < -0.4 is 4.72 Å². The summed E-state index contributed by atoms with van der Waals surface area (Å²) in [5, 5.41) is 6.53. The quantitative estimate of drug-likeness (QED) is 0.547. The molecule has 0 fully saturated rings. The third kappa shape index (κ3) is 4.65. The average Bonchev–Trinajstić information content (AvgIpc) is 3.06. The molecule has 1 amide bonds. The minimum atomic E-state index is -5.16. The summed E-state index contributed by atoms with van der Waals surface area (Å²) in [4.78, 5) is 11.9. The van der Waals surface area contributed by atoms with Crippen molar-refractivity contribution in [3.8, 4) is 5.69 Å². The number of sulfonamides is 1. The molecule has 0 unspecified atom stereocenters. The first kappa shape index (κ1) is 23.0. The highest BCUT2D eigenvalue weighted by molar-refractivity contribution is 7.90. The monoisotopic (exact) mass is 496 g/mol. The Kier molecular flexibility index (Phi) is 6.00. The van der Waals surface area contributed by atoms with E-state index >= 15 is 0 Å². The van der Waals surface area contributed by atoms with Crippen molar-refractivity contribution in [3.63, 3.8) is 0 Å². The van der Waals surface area contributed by atoms with E-state index in [2.05, 4.69) is 10.3 Å². The minimum Gasteiger partial charge on any atom is -0.266 e. The fourth-order valence-corrected chi connectivity index (χ4v) is 4.28. The molecule has 0 bridgehead atoms. The molecule has 31 heavy (non-hydrogen) atoms. The van der Waals surface area contributed by atoms with Crippen molar-refractivity contribution in [2.45, 2.75) is 18.0 Å². The standard InChI is InChI=1S/C17H10Cl2F4N4O3S/c1-8-6-9(18)7-12(19)14(8)27-15(17(21,22)23)13(24-26-27)16(28)25-31(29,30)11-4-2-10(20)3-5-11/h2-7H,1H3,(H,25,28). The number of carbonyl (C=O) groups excluding carboxylic acids is 1. The fourth-order valence-electron chi connectivity index (χ4n) is 2.65. The summed E-state index contributed by atoms with van der Waals surface area (Å²) < 4.78 is 80.7. The normalized spacial score (nSPS) is 12.1. The Morgan fingerprint density at radius 1 is 1.13 bits per heavy atom. The molecule has 0 spiro atoms. The predicted octanol–water partition coefficient (Wildman–Crippen LogP) is 4.16. The van der Waals surface area contributed by atoms with Gasteiger partial charge in [0.1, 0.15) is 5.82 Å². The molecule has 14 heteroatoms. The Morgan fingerprint density at radius 2 is 1.74 bits per heavy atom. The molecule has 2 aromatic carbocycles. The van der Waals surface area contributed by atoms with E-state index in [0.29, 0.717) is 0 Å². The van der Waals surface area contributed by atoms with Crippen molar-refractivity contribution >= 4 is 39.1 Å². The Morgan fingerprint density at radius 3 is 2.29 bits per heavy atom. The van der Waals surface area contributed by atoms with Crippen LogP contribution in [-0.2, 0) is 16.2 Å². The number of aromatic nitrogens is 3. The van der Waals surface area contributed by atoms with Gasteiger partial charge in [-0.25, -0.2) is 22.2 Å². The van der Waals surface area contributed by atoms with Crippen LogP contribution in [0.15, 0.2) is 41.3 Å². The van der Waals surface area contributed by atoms with Crippen molar-refractivity contribution in [1.29, 1.82) is 0 Å². The highest BCUT2D eigenvalue weighted by Crippen LogP contribution is 2.36. The van der Waals surface area contributed by atoms with Crippen LogP contribution in [0.4, 0.5) is 17.6 Å². The third-order valence-electron chi connectivity index (χ3n) is 3.94. The Labute approximate surface area is 182 Å². The summed E-state index contributed by atoms with van der Waals surface area (Å²) in [6, 6.07) is 5.78. The topological polar surface area (TPSA) is 93.9 Å². The number of amides is 1. The van der Waals surface area contributed by atoms with Gasteiger partial charge in [-0.15, -0.1) is 5.10 Å². The van der Waals surface area contributed by atoms with Gasteiger partial charge in [-0.05, 0) is 48.9 Å². The van der Waals surface area contributed by atoms with Gasteiger partial charge in [-0.2, -0.15) is 13.2 Å². The highest BCUT2D eigenvalue weighted by Gasteiger charge is 2.43. The maximum absolute atomic E-state index is 13.8. The SMILES string of the molecule is Cc1cc(Cl)cc(Cl)c1-n1nnc(C(=O)NS(=O)(=O)c2ccc(F)cc2)c1C(F)(F)F. The summed E-state index contributed by atoms with van der Waals surface area (Å²) >= 11 is 11.8. The van der Waals surface area contributed by atoms with Gasteiger partial charge in [-0.3, -0.25) is 4.79 Å². The van der Waals surface area contributed by atoms with E-state index < -0.39 is 44.2 Å². The molecule has 0 atom stereocenters. The summed E-state index contributed by atoms with van der Waals surface area (Å²) in [5.74, 6) is -2.44. The minimum absolute atomic E-state index is 0.156. The number of carbonyl (C=O) groups is 1. The molecule has 0 radical (unpaired) electrons. The number of rotatable bonds is 4. The van der Waals surface area contributed by atoms with E-state index in [-0.39, 0.29) is 26.0 Å². The Balaban J connectivity index is 2.09. The summed E-state index contributed by atoms with van der Waals surface area (Å²) in [6.07, 6.45) is -5.16. The molecule has 3 rings (SSSR count). The smallest absolute Gasteiger partial charge is 0.266 e. The maximum atomic E-state index is 13.8. The van der Waals surface area contributed by atoms with Crippen molar-refractivity contribution < 1.29 is 30.8 Å². The van der Waals surface area contributed by atoms with Gasteiger partial charge in [0.2, 0.25) is 0 Å². The second kappa shape index (κ2) is 8.09. The number of hydrogen-bond acceptors (Lipinski definition) is 5. The van der Waals surface area contributed by atoms with E-state index in [1.54, 1.807) is 0 Å². The lowest BCUT2D eigenvalue weighted by atomic mass is 10.2. The van der Waals surface area contributed by atoms with Crippen molar-refractivity contribution in [2.24, 2.45) is 0 Å². The maximum Gasteiger partial charge on any atom is 0.435 e. The first-order chi connectivity index (χ1) is 14.3. The summed E-state index contributed by atoms with van der Waals surface area (Å²) in [6.45, 7) is 1.41. The number of nitrogens with one attached hydrogen (secondary N) is 1. The van der Waals surface area contributed by atoms with Crippen molar-refractivity contribution in [2.75, 3.05) is 0 Å². The first-order valence-electron chi connectivity index (χ1n) is 8.13. The summed E-state index contributed by atoms with van der Waals surface area (Å²) in [7, 11) is -4.62. The number of benzene rings is 2. The molecule has 1 aromatic heterocycles. The number of alkyl halides is 3. The van der Waals surface area contributed by atoms with Crippen molar-refractivity contribution in [3.05, 3.63) is 69.2 Å².